The summed E-state index contributed by atoms with van der Waals surface area (Å²) in [7, 11) is 0. The van der Waals surface area contributed by atoms with E-state index in [0.29, 0.717) is 5.95 Å². The van der Waals surface area contributed by atoms with Gasteiger partial charge in [0, 0.05) is 18.4 Å². The summed E-state index contributed by atoms with van der Waals surface area (Å²) in [6.45, 7) is 4.28. The molecular formula is C8H16N4OS. The van der Waals surface area contributed by atoms with Crippen molar-refractivity contribution in [3.05, 3.63) is 0 Å². The summed E-state index contributed by atoms with van der Waals surface area (Å²) < 4.78 is 1.89. The highest BCUT2D eigenvalue weighted by Crippen LogP contribution is 2.22. The molecule has 0 aliphatic heterocycles. The van der Waals surface area contributed by atoms with E-state index < -0.39 is 0 Å². The summed E-state index contributed by atoms with van der Waals surface area (Å²) in [6, 6.07) is 0.265. The Morgan fingerprint density at radius 1 is 1.50 bits per heavy atom. The van der Waals surface area contributed by atoms with Crippen LogP contribution >= 0.6 is 11.8 Å². The maximum Gasteiger partial charge on any atom is 0.222 e. The maximum atomic E-state index is 8.65. The lowest BCUT2D eigenvalue weighted by atomic mass is 10.4. The van der Waals surface area contributed by atoms with Crippen LogP contribution in [-0.2, 0) is 0 Å². The quantitative estimate of drug-likeness (QED) is 0.565. The molecule has 0 saturated carbocycles. The highest BCUT2D eigenvalue weighted by Gasteiger charge is 2.11. The molecule has 0 aliphatic rings. The first kappa shape index (κ1) is 11.3. The number of nitrogen functional groups attached to an aromatic ring is 1. The van der Waals surface area contributed by atoms with E-state index in [1.165, 1.54) is 0 Å². The SMILES string of the molecule is CC(C)n1c(N)nnc1SCCCO. The van der Waals surface area contributed by atoms with Gasteiger partial charge in [-0.3, -0.25) is 4.57 Å². The Morgan fingerprint density at radius 2 is 2.21 bits per heavy atom. The highest BCUT2D eigenvalue weighted by atomic mass is 32.2. The smallest absolute Gasteiger partial charge is 0.222 e. The zero-order chi connectivity index (χ0) is 10.6. The van der Waals surface area contributed by atoms with Crippen molar-refractivity contribution in [2.24, 2.45) is 0 Å². The third-order valence-corrected chi connectivity index (χ3v) is 2.77. The molecule has 3 N–H and O–H groups in total. The van der Waals surface area contributed by atoms with Crippen LogP contribution < -0.4 is 5.73 Å². The van der Waals surface area contributed by atoms with Gasteiger partial charge in [0.05, 0.1) is 0 Å². The Labute approximate surface area is 87.7 Å². The first-order chi connectivity index (χ1) is 6.66. The molecule has 0 spiro atoms. The topological polar surface area (TPSA) is 77.0 Å². The summed E-state index contributed by atoms with van der Waals surface area (Å²) in [4.78, 5) is 0. The van der Waals surface area contributed by atoms with Gasteiger partial charge in [-0.1, -0.05) is 11.8 Å². The molecule has 14 heavy (non-hydrogen) atoms. The number of thioether (sulfide) groups is 1. The molecule has 0 aromatic carbocycles. The van der Waals surface area contributed by atoms with Gasteiger partial charge in [0.1, 0.15) is 0 Å². The van der Waals surface area contributed by atoms with E-state index in [1.807, 2.05) is 18.4 Å². The Balaban J connectivity index is 2.66. The van der Waals surface area contributed by atoms with E-state index in [4.69, 9.17) is 10.8 Å². The van der Waals surface area contributed by atoms with Crippen molar-refractivity contribution in [3.63, 3.8) is 0 Å². The number of nitrogens with two attached hydrogens (primary N) is 1. The molecule has 0 unspecified atom stereocenters. The standard InChI is InChI=1S/C8H16N4OS/c1-6(2)12-7(9)10-11-8(12)14-5-3-4-13/h6,13H,3-5H2,1-2H3,(H2,9,10). The van der Waals surface area contributed by atoms with E-state index in [2.05, 4.69) is 10.2 Å². The van der Waals surface area contributed by atoms with Crippen LogP contribution in [0.5, 0.6) is 0 Å². The van der Waals surface area contributed by atoms with Gasteiger partial charge in [-0.15, -0.1) is 10.2 Å². The van der Waals surface area contributed by atoms with Gasteiger partial charge in [-0.05, 0) is 20.3 Å². The zero-order valence-electron chi connectivity index (χ0n) is 8.47. The zero-order valence-corrected chi connectivity index (χ0v) is 9.29. The first-order valence-corrected chi connectivity index (χ1v) is 5.59. The largest absolute Gasteiger partial charge is 0.396 e. The van der Waals surface area contributed by atoms with Gasteiger partial charge in [-0.2, -0.15) is 0 Å². The Bertz CT molecular complexity index is 287. The van der Waals surface area contributed by atoms with Crippen molar-refractivity contribution in [2.75, 3.05) is 18.1 Å². The molecule has 0 atom stereocenters. The fourth-order valence-electron chi connectivity index (χ4n) is 1.10. The second kappa shape index (κ2) is 5.21. The number of rotatable bonds is 5. The number of hydrogen-bond donors (Lipinski definition) is 2. The van der Waals surface area contributed by atoms with Crippen LogP contribution in [0.1, 0.15) is 26.3 Å². The van der Waals surface area contributed by atoms with Crippen LogP contribution in [0, 0.1) is 0 Å². The second-order valence-corrected chi connectivity index (χ2v) is 4.29. The molecule has 6 heteroatoms. The third kappa shape index (κ3) is 2.62. The lowest BCUT2D eigenvalue weighted by Crippen LogP contribution is -2.07. The van der Waals surface area contributed by atoms with Crippen molar-refractivity contribution in [3.8, 4) is 0 Å². The van der Waals surface area contributed by atoms with Gasteiger partial charge >= 0.3 is 0 Å². The molecule has 80 valence electrons. The van der Waals surface area contributed by atoms with E-state index in [9.17, 15) is 0 Å². The van der Waals surface area contributed by atoms with Crippen LogP contribution in [0.3, 0.4) is 0 Å². The number of hydrogen-bond acceptors (Lipinski definition) is 5. The molecule has 1 aromatic rings. The molecule has 0 aliphatic carbocycles. The average Bonchev–Trinajstić information content (AvgIpc) is 2.47. The van der Waals surface area contributed by atoms with Crippen LogP contribution in [-0.4, -0.2) is 32.2 Å². The highest BCUT2D eigenvalue weighted by molar-refractivity contribution is 7.99. The molecule has 0 radical (unpaired) electrons. The minimum atomic E-state index is 0.207. The van der Waals surface area contributed by atoms with Crippen molar-refractivity contribution in [1.82, 2.24) is 14.8 Å². The van der Waals surface area contributed by atoms with Crippen LogP contribution in [0.2, 0.25) is 0 Å². The minimum Gasteiger partial charge on any atom is -0.396 e. The molecule has 0 fully saturated rings. The predicted octanol–water partition coefficient (Wildman–Crippen LogP) is 0.916. The second-order valence-electron chi connectivity index (χ2n) is 3.23. The number of aliphatic hydroxyl groups excluding tert-OH is 1. The summed E-state index contributed by atoms with van der Waals surface area (Å²) in [5.74, 6) is 1.29. The molecule has 0 amide bonds. The number of aliphatic hydroxyl groups is 1. The fourth-order valence-corrected chi connectivity index (χ4v) is 2.10. The van der Waals surface area contributed by atoms with Gasteiger partial charge in [-0.25, -0.2) is 0 Å². The normalized spacial score (nSPS) is 11.1. The van der Waals surface area contributed by atoms with Crippen LogP contribution in [0.25, 0.3) is 0 Å². The van der Waals surface area contributed by atoms with E-state index in [0.717, 1.165) is 17.3 Å². The lowest BCUT2D eigenvalue weighted by Gasteiger charge is -2.10. The molecule has 0 bridgehead atoms. The van der Waals surface area contributed by atoms with E-state index >= 15 is 0 Å². The molecule has 5 nitrogen and oxygen atoms in total. The maximum absolute atomic E-state index is 8.65. The number of anilines is 1. The van der Waals surface area contributed by atoms with Crippen molar-refractivity contribution >= 4 is 17.7 Å². The summed E-state index contributed by atoms with van der Waals surface area (Å²) >= 11 is 1.57. The van der Waals surface area contributed by atoms with Crippen LogP contribution in [0.4, 0.5) is 5.95 Å². The first-order valence-electron chi connectivity index (χ1n) is 4.61. The Kier molecular flexibility index (Phi) is 4.21. The van der Waals surface area contributed by atoms with Gasteiger partial charge < -0.3 is 10.8 Å². The summed E-state index contributed by atoms with van der Waals surface area (Å²) in [5.41, 5.74) is 5.67. The van der Waals surface area contributed by atoms with Crippen molar-refractivity contribution in [2.45, 2.75) is 31.5 Å². The van der Waals surface area contributed by atoms with Crippen molar-refractivity contribution in [1.29, 1.82) is 0 Å². The van der Waals surface area contributed by atoms with Crippen LogP contribution in [0.15, 0.2) is 5.16 Å². The molecule has 1 aromatic heterocycles. The monoisotopic (exact) mass is 216 g/mol. The molecule has 1 heterocycles. The lowest BCUT2D eigenvalue weighted by molar-refractivity contribution is 0.296. The minimum absolute atomic E-state index is 0.207. The van der Waals surface area contributed by atoms with E-state index in [1.54, 1.807) is 11.8 Å². The number of aromatic nitrogens is 3. The third-order valence-electron chi connectivity index (χ3n) is 1.74. The van der Waals surface area contributed by atoms with E-state index in [-0.39, 0.29) is 12.6 Å². The summed E-state index contributed by atoms with van der Waals surface area (Å²) in [6.07, 6.45) is 0.759. The fraction of sp³-hybridized carbons (Fsp3) is 0.750. The molecule has 0 saturated heterocycles. The predicted molar refractivity (Wildman–Crippen MR) is 57.2 cm³/mol. The Hall–Kier alpha value is -0.750. The van der Waals surface area contributed by atoms with Gasteiger partial charge in [0.2, 0.25) is 5.95 Å². The van der Waals surface area contributed by atoms with Gasteiger partial charge in [0.15, 0.2) is 5.16 Å². The Morgan fingerprint density at radius 3 is 2.79 bits per heavy atom. The molecular weight excluding hydrogens is 200 g/mol. The summed E-state index contributed by atoms with van der Waals surface area (Å²) in [5, 5.41) is 17.3. The van der Waals surface area contributed by atoms with Gasteiger partial charge in [0.25, 0.3) is 0 Å². The number of nitrogens with zero attached hydrogens (tertiary/aromatic N) is 3. The van der Waals surface area contributed by atoms with Crippen molar-refractivity contribution < 1.29 is 5.11 Å². The molecule has 1 rings (SSSR count). The average molecular weight is 216 g/mol.